The van der Waals surface area contributed by atoms with Gasteiger partial charge in [0.1, 0.15) is 12.2 Å². The molecule has 0 spiro atoms. The van der Waals surface area contributed by atoms with Gasteiger partial charge < -0.3 is 9.67 Å². The van der Waals surface area contributed by atoms with Gasteiger partial charge in [0.05, 0.1) is 0 Å². The van der Waals surface area contributed by atoms with Crippen molar-refractivity contribution in [3.05, 3.63) is 69.8 Å². The summed E-state index contributed by atoms with van der Waals surface area (Å²) in [7, 11) is 0. The maximum absolute atomic E-state index is 13.2. The lowest BCUT2D eigenvalue weighted by molar-refractivity contribution is -0.137. The van der Waals surface area contributed by atoms with Crippen molar-refractivity contribution in [2.45, 2.75) is 13.0 Å². The van der Waals surface area contributed by atoms with Crippen LogP contribution in [0.3, 0.4) is 0 Å². The molecule has 1 aromatic heterocycles. The smallest absolute Gasteiger partial charge is 0.323 e. The number of halogens is 1. The lowest BCUT2D eigenvalue weighted by Gasteiger charge is -2.26. The van der Waals surface area contributed by atoms with Crippen LogP contribution in [0.5, 0.6) is 0 Å². The largest absolute Gasteiger partial charge is 0.480 e. The van der Waals surface area contributed by atoms with Crippen LogP contribution in [-0.4, -0.2) is 38.9 Å². The third-order valence-electron chi connectivity index (χ3n) is 4.74. The average Bonchev–Trinajstić information content (AvgIpc) is 2.96. The Kier molecular flexibility index (Phi) is 4.31. The molecule has 3 aromatic rings. The predicted octanol–water partition coefficient (Wildman–Crippen LogP) is 3.33. The van der Waals surface area contributed by atoms with Crippen molar-refractivity contribution in [3.8, 4) is 0 Å². The van der Waals surface area contributed by atoms with Crippen molar-refractivity contribution in [1.82, 2.24) is 9.47 Å². The van der Waals surface area contributed by atoms with Crippen LogP contribution in [0.1, 0.15) is 26.4 Å². The van der Waals surface area contributed by atoms with Crippen molar-refractivity contribution in [2.75, 3.05) is 6.54 Å². The number of para-hydroxylation sites is 1. The summed E-state index contributed by atoms with van der Waals surface area (Å²) in [5.74, 6) is -1.88. The van der Waals surface area contributed by atoms with Gasteiger partial charge in [0.25, 0.3) is 11.8 Å². The zero-order valence-electron chi connectivity index (χ0n) is 14.2. The Bertz CT molecular complexity index is 1090. The van der Waals surface area contributed by atoms with Crippen LogP contribution in [0.4, 0.5) is 0 Å². The number of amides is 2. The highest BCUT2D eigenvalue weighted by molar-refractivity contribution is 9.10. The van der Waals surface area contributed by atoms with Gasteiger partial charge in [-0.25, -0.2) is 0 Å². The second-order valence-electron chi connectivity index (χ2n) is 6.34. The number of fused-ring (bicyclic) bond motifs is 3. The summed E-state index contributed by atoms with van der Waals surface area (Å²) in [4.78, 5) is 38.5. The summed E-state index contributed by atoms with van der Waals surface area (Å²) in [6.45, 7) is -0.0658. The maximum Gasteiger partial charge on any atom is 0.323 e. The van der Waals surface area contributed by atoms with E-state index in [1.807, 2.05) is 12.1 Å². The summed E-state index contributed by atoms with van der Waals surface area (Å²) in [5, 5.41) is 10.2. The SMILES string of the molecule is O=C(O)Cn1c2c(c3ccccc31)CCN(C(=O)c1ccc(Br)cc1)C2=O. The fraction of sp³-hybridized carbons (Fsp3) is 0.150. The second-order valence-corrected chi connectivity index (χ2v) is 7.26. The minimum absolute atomic E-state index is 0.266. The molecule has 0 aliphatic carbocycles. The molecule has 0 fully saturated rings. The molecule has 1 N–H and O–H groups in total. The number of hydrogen-bond acceptors (Lipinski definition) is 3. The monoisotopic (exact) mass is 426 g/mol. The highest BCUT2D eigenvalue weighted by Gasteiger charge is 2.34. The Hall–Kier alpha value is -2.93. The maximum atomic E-state index is 13.2. The van der Waals surface area contributed by atoms with Gasteiger partial charge in [0.2, 0.25) is 0 Å². The molecular formula is C20H15BrN2O4. The fourth-order valence-electron chi connectivity index (χ4n) is 3.57. The van der Waals surface area contributed by atoms with E-state index >= 15 is 0 Å². The first-order valence-electron chi connectivity index (χ1n) is 8.41. The van der Waals surface area contributed by atoms with Crippen molar-refractivity contribution in [3.63, 3.8) is 0 Å². The van der Waals surface area contributed by atoms with E-state index in [9.17, 15) is 19.5 Å². The van der Waals surface area contributed by atoms with E-state index in [1.165, 1.54) is 9.47 Å². The first-order valence-corrected chi connectivity index (χ1v) is 9.20. The Balaban J connectivity index is 1.80. The van der Waals surface area contributed by atoms with Crippen molar-refractivity contribution >= 4 is 44.6 Å². The molecule has 2 amide bonds. The molecule has 0 unspecified atom stereocenters. The van der Waals surface area contributed by atoms with E-state index < -0.39 is 11.9 Å². The molecule has 0 bridgehead atoms. The number of imide groups is 1. The zero-order valence-corrected chi connectivity index (χ0v) is 15.8. The van der Waals surface area contributed by atoms with Crippen molar-refractivity contribution < 1.29 is 19.5 Å². The van der Waals surface area contributed by atoms with E-state index in [0.29, 0.717) is 17.5 Å². The number of carbonyl (C=O) groups excluding carboxylic acids is 2. The molecular weight excluding hydrogens is 412 g/mol. The summed E-state index contributed by atoms with van der Waals surface area (Å²) in [6.07, 6.45) is 0.497. The summed E-state index contributed by atoms with van der Waals surface area (Å²) >= 11 is 3.33. The lowest BCUT2D eigenvalue weighted by atomic mass is 10.0. The molecule has 0 saturated carbocycles. The van der Waals surface area contributed by atoms with Crippen LogP contribution < -0.4 is 0 Å². The number of carboxylic acids is 1. The molecule has 1 aliphatic heterocycles. The quantitative estimate of drug-likeness (QED) is 0.651. The molecule has 2 heterocycles. The molecule has 27 heavy (non-hydrogen) atoms. The standard InChI is InChI=1S/C20H15BrN2O4/c21-13-7-5-12(6-8-13)19(26)22-10-9-15-14-3-1-2-4-16(14)23(11-17(24)25)18(15)20(22)27/h1-8H,9-11H2,(H,24,25). The van der Waals surface area contributed by atoms with Gasteiger partial charge in [-0.1, -0.05) is 34.1 Å². The third kappa shape index (κ3) is 2.94. The molecule has 0 radical (unpaired) electrons. The van der Waals surface area contributed by atoms with Gasteiger partial charge in [-0.2, -0.15) is 0 Å². The normalized spacial score (nSPS) is 13.7. The Labute approximate surface area is 163 Å². The Morgan fingerprint density at radius 1 is 1.07 bits per heavy atom. The number of benzene rings is 2. The number of carboxylic acid groups (broad SMARTS) is 1. The minimum Gasteiger partial charge on any atom is -0.480 e. The predicted molar refractivity (Wildman–Crippen MR) is 103 cm³/mol. The highest BCUT2D eigenvalue weighted by Crippen LogP contribution is 2.31. The van der Waals surface area contributed by atoms with E-state index in [0.717, 1.165) is 15.4 Å². The van der Waals surface area contributed by atoms with Gasteiger partial charge in [-0.3, -0.25) is 19.3 Å². The summed E-state index contributed by atoms with van der Waals surface area (Å²) < 4.78 is 2.34. The molecule has 0 saturated heterocycles. The van der Waals surface area contributed by atoms with Crippen molar-refractivity contribution in [2.24, 2.45) is 0 Å². The van der Waals surface area contributed by atoms with E-state index in [4.69, 9.17) is 0 Å². The topological polar surface area (TPSA) is 79.6 Å². The fourth-order valence-corrected chi connectivity index (χ4v) is 3.83. The highest BCUT2D eigenvalue weighted by atomic mass is 79.9. The minimum atomic E-state index is -1.04. The first-order chi connectivity index (χ1) is 13.0. The van der Waals surface area contributed by atoms with Crippen LogP contribution in [-0.2, 0) is 17.8 Å². The molecule has 1 aliphatic rings. The molecule has 6 nitrogen and oxygen atoms in total. The number of hydrogen-bond donors (Lipinski definition) is 1. The zero-order chi connectivity index (χ0) is 19.1. The summed E-state index contributed by atoms with van der Waals surface area (Å²) in [5.41, 5.74) is 2.19. The van der Waals surface area contributed by atoms with E-state index in [2.05, 4.69) is 15.9 Å². The van der Waals surface area contributed by atoms with Gasteiger partial charge in [0, 0.05) is 27.5 Å². The third-order valence-corrected chi connectivity index (χ3v) is 5.27. The van der Waals surface area contributed by atoms with Gasteiger partial charge in [0.15, 0.2) is 0 Å². The average molecular weight is 427 g/mol. The number of aliphatic carboxylic acids is 1. The molecule has 136 valence electrons. The first kappa shape index (κ1) is 17.5. The van der Waals surface area contributed by atoms with Crippen LogP contribution in [0.2, 0.25) is 0 Å². The van der Waals surface area contributed by atoms with Crippen LogP contribution in [0.25, 0.3) is 10.9 Å². The number of nitrogens with zero attached hydrogens (tertiary/aromatic N) is 2. The molecule has 7 heteroatoms. The van der Waals surface area contributed by atoms with Crippen LogP contribution in [0.15, 0.2) is 53.0 Å². The Morgan fingerprint density at radius 3 is 2.48 bits per heavy atom. The number of rotatable bonds is 3. The number of carbonyl (C=O) groups is 3. The van der Waals surface area contributed by atoms with E-state index in [-0.39, 0.29) is 24.7 Å². The molecule has 2 aromatic carbocycles. The lowest BCUT2D eigenvalue weighted by Crippen LogP contribution is -2.43. The molecule has 4 rings (SSSR count). The number of aromatic nitrogens is 1. The van der Waals surface area contributed by atoms with Gasteiger partial charge in [-0.15, -0.1) is 0 Å². The molecule has 0 atom stereocenters. The van der Waals surface area contributed by atoms with Gasteiger partial charge in [-0.05, 0) is 42.3 Å². The van der Waals surface area contributed by atoms with E-state index in [1.54, 1.807) is 36.4 Å². The van der Waals surface area contributed by atoms with Crippen LogP contribution in [0, 0.1) is 0 Å². The Morgan fingerprint density at radius 2 is 1.78 bits per heavy atom. The van der Waals surface area contributed by atoms with Crippen molar-refractivity contribution in [1.29, 1.82) is 0 Å². The van der Waals surface area contributed by atoms with Crippen LogP contribution >= 0.6 is 15.9 Å². The van der Waals surface area contributed by atoms with Gasteiger partial charge >= 0.3 is 5.97 Å². The second kappa shape index (κ2) is 6.66. The summed E-state index contributed by atoms with van der Waals surface area (Å²) in [6, 6.07) is 14.1.